The molecule has 2 rings (SSSR count). The standard InChI is InChI=1S/C16H27N3/c1-4-8-17-10-15-11-18-13(2)9-16(15)19(3)12-14-6-5-7-14/h9,11,14,17H,4-8,10,12H2,1-3H3. The number of nitrogens with one attached hydrogen (secondary N) is 1. The van der Waals surface area contributed by atoms with Gasteiger partial charge >= 0.3 is 0 Å². The SMILES string of the molecule is CCCNCc1cnc(C)cc1N(C)CC1CCC1. The molecular formula is C16H27N3. The van der Waals surface area contributed by atoms with Crippen LogP contribution < -0.4 is 10.2 Å². The molecule has 1 aliphatic carbocycles. The van der Waals surface area contributed by atoms with Crippen LogP contribution in [0.5, 0.6) is 0 Å². The van der Waals surface area contributed by atoms with Crippen molar-refractivity contribution in [3.63, 3.8) is 0 Å². The fraction of sp³-hybridized carbons (Fsp3) is 0.688. The van der Waals surface area contributed by atoms with Crippen LogP contribution in [0, 0.1) is 12.8 Å². The molecule has 0 aromatic carbocycles. The van der Waals surface area contributed by atoms with Crippen molar-refractivity contribution in [1.82, 2.24) is 10.3 Å². The number of hydrogen-bond donors (Lipinski definition) is 1. The maximum atomic E-state index is 4.45. The Morgan fingerprint density at radius 2 is 2.21 bits per heavy atom. The molecule has 0 unspecified atom stereocenters. The zero-order valence-corrected chi connectivity index (χ0v) is 12.6. The predicted octanol–water partition coefficient (Wildman–Crippen LogP) is 3.13. The number of anilines is 1. The van der Waals surface area contributed by atoms with E-state index in [1.54, 1.807) is 0 Å². The summed E-state index contributed by atoms with van der Waals surface area (Å²) in [5.74, 6) is 0.898. The molecule has 0 amide bonds. The molecule has 0 spiro atoms. The molecule has 19 heavy (non-hydrogen) atoms. The Labute approximate surface area is 117 Å². The highest BCUT2D eigenvalue weighted by Crippen LogP contribution is 2.29. The number of rotatable bonds is 7. The van der Waals surface area contributed by atoms with Gasteiger partial charge in [0.25, 0.3) is 0 Å². The lowest BCUT2D eigenvalue weighted by atomic mass is 9.85. The fourth-order valence-electron chi connectivity index (χ4n) is 2.63. The van der Waals surface area contributed by atoms with Crippen LogP contribution in [0.25, 0.3) is 0 Å². The molecule has 0 atom stereocenters. The van der Waals surface area contributed by atoms with Gasteiger partial charge in [-0.25, -0.2) is 0 Å². The lowest BCUT2D eigenvalue weighted by molar-refractivity contribution is 0.321. The monoisotopic (exact) mass is 261 g/mol. The van der Waals surface area contributed by atoms with Crippen LogP contribution in [0.2, 0.25) is 0 Å². The molecule has 3 nitrogen and oxygen atoms in total. The van der Waals surface area contributed by atoms with E-state index in [-0.39, 0.29) is 0 Å². The van der Waals surface area contributed by atoms with Crippen molar-refractivity contribution in [3.8, 4) is 0 Å². The van der Waals surface area contributed by atoms with Gasteiger partial charge in [-0.15, -0.1) is 0 Å². The molecule has 1 saturated carbocycles. The van der Waals surface area contributed by atoms with Gasteiger partial charge in [-0.05, 0) is 44.7 Å². The second-order valence-electron chi connectivity index (χ2n) is 5.81. The van der Waals surface area contributed by atoms with Crippen molar-refractivity contribution in [2.24, 2.45) is 5.92 Å². The van der Waals surface area contributed by atoms with E-state index in [9.17, 15) is 0 Å². The highest BCUT2D eigenvalue weighted by atomic mass is 15.1. The van der Waals surface area contributed by atoms with E-state index < -0.39 is 0 Å². The fourth-order valence-corrected chi connectivity index (χ4v) is 2.63. The topological polar surface area (TPSA) is 28.2 Å². The second-order valence-corrected chi connectivity index (χ2v) is 5.81. The number of hydrogen-bond acceptors (Lipinski definition) is 3. The van der Waals surface area contributed by atoms with Crippen LogP contribution >= 0.6 is 0 Å². The zero-order chi connectivity index (χ0) is 13.7. The molecule has 0 saturated heterocycles. The Morgan fingerprint density at radius 3 is 2.84 bits per heavy atom. The predicted molar refractivity (Wildman–Crippen MR) is 81.6 cm³/mol. The summed E-state index contributed by atoms with van der Waals surface area (Å²) in [5.41, 5.74) is 3.78. The van der Waals surface area contributed by atoms with Gasteiger partial charge in [-0.1, -0.05) is 13.3 Å². The first-order valence-electron chi connectivity index (χ1n) is 7.58. The van der Waals surface area contributed by atoms with E-state index in [2.05, 4.69) is 42.2 Å². The first-order chi connectivity index (χ1) is 9.20. The Morgan fingerprint density at radius 1 is 1.42 bits per heavy atom. The lowest BCUT2D eigenvalue weighted by Gasteiger charge is -2.32. The number of pyridine rings is 1. The largest absolute Gasteiger partial charge is 0.374 e. The first-order valence-corrected chi connectivity index (χ1v) is 7.58. The summed E-state index contributed by atoms with van der Waals surface area (Å²) in [5, 5.41) is 3.48. The van der Waals surface area contributed by atoms with Gasteiger partial charge in [0, 0.05) is 43.3 Å². The minimum Gasteiger partial charge on any atom is -0.374 e. The van der Waals surface area contributed by atoms with E-state index in [0.717, 1.165) is 24.7 Å². The minimum absolute atomic E-state index is 0.898. The first kappa shape index (κ1) is 14.3. The van der Waals surface area contributed by atoms with Gasteiger partial charge < -0.3 is 10.2 Å². The normalized spacial score (nSPS) is 15.3. The molecule has 1 aromatic heterocycles. The van der Waals surface area contributed by atoms with Crippen LogP contribution in [-0.4, -0.2) is 25.1 Å². The van der Waals surface area contributed by atoms with Gasteiger partial charge in [0.2, 0.25) is 0 Å². The van der Waals surface area contributed by atoms with Crippen molar-refractivity contribution < 1.29 is 0 Å². The van der Waals surface area contributed by atoms with Crippen molar-refractivity contribution in [2.75, 3.05) is 25.0 Å². The molecule has 1 aromatic rings. The van der Waals surface area contributed by atoms with E-state index in [0.29, 0.717) is 0 Å². The van der Waals surface area contributed by atoms with Crippen molar-refractivity contribution in [2.45, 2.75) is 46.1 Å². The molecule has 0 bridgehead atoms. The minimum atomic E-state index is 0.898. The quantitative estimate of drug-likeness (QED) is 0.764. The molecule has 106 valence electrons. The molecule has 0 aliphatic heterocycles. The molecule has 0 radical (unpaired) electrons. The molecule has 1 heterocycles. The van der Waals surface area contributed by atoms with Crippen molar-refractivity contribution >= 4 is 5.69 Å². The van der Waals surface area contributed by atoms with Gasteiger partial charge in [0.05, 0.1) is 0 Å². The summed E-state index contributed by atoms with van der Waals surface area (Å²) in [6.45, 7) is 7.45. The summed E-state index contributed by atoms with van der Waals surface area (Å²) < 4.78 is 0. The molecule has 3 heteroatoms. The van der Waals surface area contributed by atoms with Crippen molar-refractivity contribution in [1.29, 1.82) is 0 Å². The molecule has 1 fully saturated rings. The summed E-state index contributed by atoms with van der Waals surface area (Å²) in [7, 11) is 2.22. The average Bonchev–Trinajstić information content (AvgIpc) is 2.35. The van der Waals surface area contributed by atoms with Crippen LogP contribution in [-0.2, 0) is 6.54 Å². The highest BCUT2D eigenvalue weighted by molar-refractivity contribution is 5.53. The van der Waals surface area contributed by atoms with Crippen LogP contribution in [0.3, 0.4) is 0 Å². The van der Waals surface area contributed by atoms with Crippen LogP contribution in [0.4, 0.5) is 5.69 Å². The van der Waals surface area contributed by atoms with Gasteiger partial charge in [0.1, 0.15) is 0 Å². The Bertz CT molecular complexity index is 399. The molecule has 1 aliphatic rings. The summed E-state index contributed by atoms with van der Waals surface area (Å²) >= 11 is 0. The summed E-state index contributed by atoms with van der Waals surface area (Å²) in [6.07, 6.45) is 7.42. The van der Waals surface area contributed by atoms with E-state index in [1.165, 1.54) is 43.5 Å². The number of aromatic nitrogens is 1. The van der Waals surface area contributed by atoms with Gasteiger partial charge in [0.15, 0.2) is 0 Å². The maximum Gasteiger partial charge on any atom is 0.0443 e. The zero-order valence-electron chi connectivity index (χ0n) is 12.6. The van der Waals surface area contributed by atoms with Crippen molar-refractivity contribution in [3.05, 3.63) is 23.5 Å². The maximum absolute atomic E-state index is 4.45. The third-order valence-corrected chi connectivity index (χ3v) is 4.01. The summed E-state index contributed by atoms with van der Waals surface area (Å²) in [4.78, 5) is 6.87. The van der Waals surface area contributed by atoms with Gasteiger partial charge in [-0.3, -0.25) is 4.98 Å². The smallest absolute Gasteiger partial charge is 0.0443 e. The van der Waals surface area contributed by atoms with E-state index in [4.69, 9.17) is 0 Å². The number of nitrogens with zero attached hydrogens (tertiary/aromatic N) is 2. The van der Waals surface area contributed by atoms with E-state index in [1.807, 2.05) is 6.20 Å². The second kappa shape index (κ2) is 6.90. The summed E-state index contributed by atoms with van der Waals surface area (Å²) in [6, 6.07) is 2.22. The average molecular weight is 261 g/mol. The molecular weight excluding hydrogens is 234 g/mol. The Hall–Kier alpha value is -1.09. The molecule has 1 N–H and O–H groups in total. The van der Waals surface area contributed by atoms with E-state index >= 15 is 0 Å². The number of aryl methyl sites for hydroxylation is 1. The third-order valence-electron chi connectivity index (χ3n) is 4.01. The van der Waals surface area contributed by atoms with Gasteiger partial charge in [-0.2, -0.15) is 0 Å². The lowest BCUT2D eigenvalue weighted by Crippen LogP contribution is -2.30. The highest BCUT2D eigenvalue weighted by Gasteiger charge is 2.20. The Kier molecular flexibility index (Phi) is 5.20. The van der Waals surface area contributed by atoms with Crippen LogP contribution in [0.15, 0.2) is 12.3 Å². The van der Waals surface area contributed by atoms with Crippen LogP contribution in [0.1, 0.15) is 43.9 Å². The third kappa shape index (κ3) is 3.93. The Balaban J connectivity index is 2.04.